The van der Waals surface area contributed by atoms with Crippen molar-refractivity contribution in [1.29, 1.82) is 0 Å². The quantitative estimate of drug-likeness (QED) is 0.364. The van der Waals surface area contributed by atoms with E-state index in [-0.39, 0.29) is 0 Å². The van der Waals surface area contributed by atoms with Gasteiger partial charge in [0, 0.05) is 22.6 Å². The first-order valence-electron chi connectivity index (χ1n) is 8.21. The van der Waals surface area contributed by atoms with Gasteiger partial charge in [-0.25, -0.2) is 0 Å². The third-order valence-electron chi connectivity index (χ3n) is 4.06. The van der Waals surface area contributed by atoms with Crippen LogP contribution in [0.3, 0.4) is 0 Å². The van der Waals surface area contributed by atoms with Crippen LogP contribution in [-0.2, 0) is 0 Å². The highest BCUT2D eigenvalue weighted by molar-refractivity contribution is 6.02. The van der Waals surface area contributed by atoms with Crippen molar-refractivity contribution in [3.8, 4) is 0 Å². The Hall–Kier alpha value is -3.22. The van der Waals surface area contributed by atoms with Gasteiger partial charge in [0.15, 0.2) is 0 Å². The number of hydrogen-bond acceptors (Lipinski definition) is 2. The molecule has 0 unspecified atom stereocenters. The number of hydrogen-bond donors (Lipinski definition) is 0. The Morgan fingerprint density at radius 3 is 1.39 bits per heavy atom. The Morgan fingerprint density at radius 1 is 0.607 bits per heavy atom. The highest BCUT2D eigenvalue weighted by atomic mass is 19.4. The molecule has 0 fully saturated rings. The van der Waals surface area contributed by atoms with Gasteiger partial charge in [-0.3, -0.25) is 4.79 Å². The van der Waals surface area contributed by atoms with Crippen molar-refractivity contribution >= 4 is 22.8 Å². The van der Waals surface area contributed by atoms with Crippen LogP contribution in [0.4, 0.5) is 39.0 Å². The number of Topliss-reactive ketones (excluding diaryl/α,β-unsaturated/α-hetero) is 1. The van der Waals surface area contributed by atoms with E-state index < -0.39 is 23.4 Å². The molecule has 144 valence electrons. The van der Waals surface area contributed by atoms with Crippen LogP contribution in [0, 0.1) is 0 Å². The molecule has 0 atom stereocenters. The standard InChI is InChI=1S/C21H14F5NO/c22-20(23,21(24,25)26)19(28)15-11-13-18(14-12-15)27(16-7-3-1-4-8-16)17-9-5-2-6-10-17/h1-14H. The molecule has 0 saturated carbocycles. The Bertz CT molecular complexity index is 899. The number of anilines is 3. The number of rotatable bonds is 5. The summed E-state index contributed by atoms with van der Waals surface area (Å²) in [7, 11) is 0. The van der Waals surface area contributed by atoms with Gasteiger partial charge in [0.25, 0.3) is 0 Å². The molecule has 3 rings (SSSR count). The Morgan fingerprint density at radius 2 is 1.00 bits per heavy atom. The zero-order valence-corrected chi connectivity index (χ0v) is 14.3. The summed E-state index contributed by atoms with van der Waals surface area (Å²) in [5.41, 5.74) is 1.30. The van der Waals surface area contributed by atoms with Crippen molar-refractivity contribution in [3.05, 3.63) is 90.5 Å². The normalized spacial score (nSPS) is 11.9. The molecular weight excluding hydrogens is 377 g/mol. The van der Waals surface area contributed by atoms with Crippen LogP contribution in [-0.4, -0.2) is 17.9 Å². The summed E-state index contributed by atoms with van der Waals surface area (Å²) in [4.78, 5) is 13.4. The van der Waals surface area contributed by atoms with E-state index in [1.165, 1.54) is 12.1 Å². The van der Waals surface area contributed by atoms with Crippen LogP contribution in [0.5, 0.6) is 0 Å². The first-order chi connectivity index (χ1) is 13.2. The molecule has 0 N–H and O–H groups in total. The second-order valence-corrected chi connectivity index (χ2v) is 5.95. The van der Waals surface area contributed by atoms with Crippen molar-refractivity contribution in [1.82, 2.24) is 0 Å². The van der Waals surface area contributed by atoms with Crippen LogP contribution in [0.25, 0.3) is 0 Å². The molecule has 0 radical (unpaired) electrons. The maximum absolute atomic E-state index is 13.3. The molecule has 0 aliphatic heterocycles. The van der Waals surface area contributed by atoms with Crippen molar-refractivity contribution in [2.45, 2.75) is 12.1 Å². The maximum Gasteiger partial charge on any atom is 0.461 e. The third-order valence-corrected chi connectivity index (χ3v) is 4.06. The maximum atomic E-state index is 13.3. The van der Waals surface area contributed by atoms with E-state index in [2.05, 4.69) is 0 Å². The lowest BCUT2D eigenvalue weighted by atomic mass is 10.0. The highest BCUT2D eigenvalue weighted by Crippen LogP contribution is 2.39. The van der Waals surface area contributed by atoms with Crippen molar-refractivity contribution in [2.24, 2.45) is 0 Å². The number of carbonyl (C=O) groups excluding carboxylic acids is 1. The molecule has 3 aromatic rings. The number of halogens is 5. The van der Waals surface area contributed by atoms with Gasteiger partial charge in [-0.05, 0) is 48.5 Å². The fourth-order valence-corrected chi connectivity index (χ4v) is 2.67. The van der Waals surface area contributed by atoms with E-state index >= 15 is 0 Å². The topological polar surface area (TPSA) is 20.3 Å². The molecule has 0 amide bonds. The average molecular weight is 391 g/mol. The number of carbonyl (C=O) groups is 1. The molecule has 0 aliphatic rings. The Kier molecular flexibility index (Phi) is 5.18. The Balaban J connectivity index is 1.99. The lowest BCUT2D eigenvalue weighted by Crippen LogP contribution is -2.44. The predicted molar refractivity (Wildman–Crippen MR) is 96.5 cm³/mol. The summed E-state index contributed by atoms with van der Waals surface area (Å²) in [6.45, 7) is 0. The zero-order chi connectivity index (χ0) is 20.4. The van der Waals surface area contributed by atoms with E-state index in [4.69, 9.17) is 0 Å². The van der Waals surface area contributed by atoms with Crippen LogP contribution < -0.4 is 4.90 Å². The molecule has 0 aliphatic carbocycles. The first-order valence-corrected chi connectivity index (χ1v) is 8.21. The molecule has 28 heavy (non-hydrogen) atoms. The summed E-state index contributed by atoms with van der Waals surface area (Å²) < 4.78 is 63.9. The molecule has 0 aromatic heterocycles. The smallest absolute Gasteiger partial charge is 0.311 e. The van der Waals surface area contributed by atoms with E-state index in [9.17, 15) is 26.7 Å². The first kappa shape index (κ1) is 19.5. The molecule has 0 bridgehead atoms. The minimum Gasteiger partial charge on any atom is -0.311 e. The lowest BCUT2D eigenvalue weighted by Gasteiger charge is -2.25. The van der Waals surface area contributed by atoms with Crippen molar-refractivity contribution in [3.63, 3.8) is 0 Å². The predicted octanol–water partition coefficient (Wildman–Crippen LogP) is 6.54. The fraction of sp³-hybridized carbons (Fsp3) is 0.0952. The van der Waals surface area contributed by atoms with Gasteiger partial charge < -0.3 is 4.90 Å². The molecule has 3 aromatic carbocycles. The molecule has 7 heteroatoms. The van der Waals surface area contributed by atoms with Crippen LogP contribution in [0.15, 0.2) is 84.9 Å². The van der Waals surface area contributed by atoms with E-state index in [1.54, 1.807) is 4.90 Å². The summed E-state index contributed by atoms with van der Waals surface area (Å²) in [5.74, 6) is -7.72. The van der Waals surface area contributed by atoms with Gasteiger partial charge in [0.05, 0.1) is 0 Å². The number of ketones is 1. The van der Waals surface area contributed by atoms with E-state index in [1.807, 2.05) is 60.7 Å². The van der Waals surface area contributed by atoms with Gasteiger partial charge in [0.1, 0.15) is 0 Å². The minimum absolute atomic E-state index is 0.504. The van der Waals surface area contributed by atoms with E-state index in [0.29, 0.717) is 5.69 Å². The summed E-state index contributed by atoms with van der Waals surface area (Å²) in [6.07, 6.45) is -5.94. The molecule has 2 nitrogen and oxygen atoms in total. The van der Waals surface area contributed by atoms with Gasteiger partial charge in [0.2, 0.25) is 5.78 Å². The second-order valence-electron chi connectivity index (χ2n) is 5.95. The number of para-hydroxylation sites is 2. The highest BCUT2D eigenvalue weighted by Gasteiger charge is 2.63. The summed E-state index contributed by atoms with van der Waals surface area (Å²) >= 11 is 0. The van der Waals surface area contributed by atoms with Gasteiger partial charge in [-0.15, -0.1) is 0 Å². The summed E-state index contributed by atoms with van der Waals surface area (Å²) in [5, 5.41) is 0. The largest absolute Gasteiger partial charge is 0.461 e. The van der Waals surface area contributed by atoms with E-state index in [0.717, 1.165) is 23.5 Å². The summed E-state index contributed by atoms with van der Waals surface area (Å²) in [6, 6.07) is 22.8. The molecular formula is C21H14F5NO. The van der Waals surface area contributed by atoms with Gasteiger partial charge in [-0.2, -0.15) is 22.0 Å². The van der Waals surface area contributed by atoms with Crippen LogP contribution >= 0.6 is 0 Å². The average Bonchev–Trinajstić information content (AvgIpc) is 2.69. The monoisotopic (exact) mass is 391 g/mol. The fourth-order valence-electron chi connectivity index (χ4n) is 2.67. The molecule has 0 spiro atoms. The van der Waals surface area contributed by atoms with Crippen LogP contribution in [0.1, 0.15) is 10.4 Å². The third kappa shape index (κ3) is 3.74. The Labute approximate surface area is 157 Å². The number of nitrogens with zero attached hydrogens (tertiary/aromatic N) is 1. The molecule has 0 saturated heterocycles. The van der Waals surface area contributed by atoms with Crippen molar-refractivity contribution in [2.75, 3.05) is 4.90 Å². The minimum atomic E-state index is -5.94. The zero-order valence-electron chi connectivity index (χ0n) is 14.3. The number of benzene rings is 3. The lowest BCUT2D eigenvalue weighted by molar-refractivity contribution is -0.255. The van der Waals surface area contributed by atoms with Gasteiger partial charge in [-0.1, -0.05) is 36.4 Å². The van der Waals surface area contributed by atoms with Crippen molar-refractivity contribution < 1.29 is 26.7 Å². The molecule has 0 heterocycles. The number of alkyl halides is 5. The van der Waals surface area contributed by atoms with Crippen LogP contribution in [0.2, 0.25) is 0 Å². The SMILES string of the molecule is O=C(c1ccc(N(c2ccccc2)c2ccccc2)cc1)C(F)(F)C(F)(F)F. The second kappa shape index (κ2) is 7.42. The van der Waals surface area contributed by atoms with Gasteiger partial charge >= 0.3 is 12.1 Å².